The van der Waals surface area contributed by atoms with Gasteiger partial charge in [0.25, 0.3) is 0 Å². The van der Waals surface area contributed by atoms with Crippen molar-refractivity contribution in [3.05, 3.63) is 17.8 Å². The van der Waals surface area contributed by atoms with E-state index in [1.807, 2.05) is 0 Å². The molecule has 1 unspecified atom stereocenters. The van der Waals surface area contributed by atoms with E-state index >= 15 is 0 Å². The summed E-state index contributed by atoms with van der Waals surface area (Å²) in [5.74, 6) is 1.05. The Hall–Kier alpha value is -0.880. The van der Waals surface area contributed by atoms with Crippen molar-refractivity contribution in [3.63, 3.8) is 0 Å². The second-order valence-electron chi connectivity index (χ2n) is 3.74. The number of nitrogens with one attached hydrogen (secondary N) is 1. The van der Waals surface area contributed by atoms with Crippen molar-refractivity contribution in [2.75, 3.05) is 0 Å². The molecule has 1 aromatic heterocycles. The Morgan fingerprint density at radius 2 is 2.00 bits per heavy atom. The van der Waals surface area contributed by atoms with Crippen molar-refractivity contribution in [1.29, 1.82) is 0 Å². The molecule has 1 atom stereocenters. The zero-order chi connectivity index (χ0) is 11.6. The lowest BCUT2D eigenvalue weighted by Gasteiger charge is -2.13. The molecule has 0 aromatic carbocycles. The maximum atomic E-state index is 11.5. The zero-order valence-corrected chi connectivity index (χ0v) is 10.1. The van der Waals surface area contributed by atoms with Gasteiger partial charge < -0.3 is 4.42 Å². The zero-order valence-electron chi connectivity index (χ0n) is 9.31. The minimum atomic E-state index is -3.29. The van der Waals surface area contributed by atoms with Gasteiger partial charge in [0.2, 0.25) is 15.9 Å². The molecular formula is C9H16N2O3S. The van der Waals surface area contributed by atoms with E-state index < -0.39 is 21.3 Å². The molecule has 1 aromatic rings. The molecule has 0 fully saturated rings. The summed E-state index contributed by atoms with van der Waals surface area (Å²) in [4.78, 5) is 3.97. The molecule has 0 aliphatic carbocycles. The van der Waals surface area contributed by atoms with Gasteiger partial charge in [0.05, 0.1) is 17.5 Å². The monoisotopic (exact) mass is 232 g/mol. The number of nitrogens with zero attached hydrogens (tertiary/aromatic N) is 1. The number of sulfonamides is 1. The Kier molecular flexibility index (Phi) is 3.51. The van der Waals surface area contributed by atoms with Gasteiger partial charge in [0.1, 0.15) is 5.76 Å². The molecule has 15 heavy (non-hydrogen) atoms. The van der Waals surface area contributed by atoms with E-state index in [4.69, 9.17) is 4.42 Å². The van der Waals surface area contributed by atoms with Gasteiger partial charge >= 0.3 is 0 Å². The number of oxazole rings is 1. The Balaban J connectivity index is 2.76. The van der Waals surface area contributed by atoms with Crippen molar-refractivity contribution in [2.45, 2.75) is 39.0 Å². The highest BCUT2D eigenvalue weighted by atomic mass is 32.2. The third kappa shape index (κ3) is 3.04. The highest BCUT2D eigenvalue weighted by molar-refractivity contribution is 7.90. The van der Waals surface area contributed by atoms with Crippen LogP contribution in [0.5, 0.6) is 0 Å². The minimum absolute atomic E-state index is 0.386. The molecule has 5 nitrogen and oxygen atoms in total. The lowest BCUT2D eigenvalue weighted by molar-refractivity contribution is 0.427. The molecule has 0 saturated heterocycles. The summed E-state index contributed by atoms with van der Waals surface area (Å²) in [5.41, 5.74) is 0. The maximum absolute atomic E-state index is 11.5. The van der Waals surface area contributed by atoms with Crippen LogP contribution >= 0.6 is 0 Å². The first-order valence-electron chi connectivity index (χ1n) is 4.76. The number of hydrogen-bond donors (Lipinski definition) is 1. The maximum Gasteiger partial charge on any atom is 0.214 e. The first-order chi connectivity index (χ1) is 6.83. The van der Waals surface area contributed by atoms with Crippen molar-refractivity contribution >= 4 is 10.0 Å². The Morgan fingerprint density at radius 1 is 1.40 bits per heavy atom. The van der Waals surface area contributed by atoms with Crippen LogP contribution in [0.3, 0.4) is 0 Å². The average Bonchev–Trinajstić information content (AvgIpc) is 2.50. The number of rotatable bonds is 4. The fraction of sp³-hybridized carbons (Fsp3) is 0.667. The van der Waals surface area contributed by atoms with Crippen LogP contribution in [0.1, 0.15) is 38.5 Å². The molecular weight excluding hydrogens is 216 g/mol. The summed E-state index contributed by atoms with van der Waals surface area (Å²) < 4.78 is 30.8. The van der Waals surface area contributed by atoms with Gasteiger partial charge in [-0.1, -0.05) is 0 Å². The minimum Gasteiger partial charge on any atom is -0.444 e. The summed E-state index contributed by atoms with van der Waals surface area (Å²) in [6.45, 7) is 6.71. The van der Waals surface area contributed by atoms with Crippen molar-refractivity contribution < 1.29 is 12.8 Å². The van der Waals surface area contributed by atoms with Crippen LogP contribution in [-0.4, -0.2) is 18.7 Å². The van der Waals surface area contributed by atoms with E-state index in [0.717, 1.165) is 0 Å². The van der Waals surface area contributed by atoms with E-state index in [-0.39, 0.29) is 0 Å². The highest BCUT2D eigenvalue weighted by Crippen LogP contribution is 2.14. The normalized spacial score (nSPS) is 14.5. The molecule has 0 bridgehead atoms. The second kappa shape index (κ2) is 4.32. The third-order valence-corrected chi connectivity index (χ3v) is 3.89. The van der Waals surface area contributed by atoms with Gasteiger partial charge in [-0.05, 0) is 27.7 Å². The molecule has 0 saturated carbocycles. The van der Waals surface area contributed by atoms with Crippen molar-refractivity contribution in [1.82, 2.24) is 9.71 Å². The molecule has 0 spiro atoms. The van der Waals surface area contributed by atoms with Crippen LogP contribution in [0, 0.1) is 6.92 Å². The van der Waals surface area contributed by atoms with Crippen LogP contribution < -0.4 is 4.72 Å². The van der Waals surface area contributed by atoms with Gasteiger partial charge in [0.15, 0.2) is 0 Å². The molecule has 0 aliphatic rings. The molecule has 1 N–H and O–H groups in total. The molecule has 0 aliphatic heterocycles. The Labute approximate surface area is 89.9 Å². The second-order valence-corrected chi connectivity index (χ2v) is 6.01. The van der Waals surface area contributed by atoms with E-state index in [2.05, 4.69) is 9.71 Å². The van der Waals surface area contributed by atoms with E-state index in [0.29, 0.717) is 11.7 Å². The first-order valence-corrected chi connectivity index (χ1v) is 6.31. The summed E-state index contributed by atoms with van der Waals surface area (Å²) in [5, 5.41) is -0.462. The molecule has 1 rings (SSSR count). The number of aromatic nitrogens is 1. The van der Waals surface area contributed by atoms with Crippen LogP contribution in [0.25, 0.3) is 0 Å². The van der Waals surface area contributed by atoms with E-state index in [1.165, 1.54) is 0 Å². The van der Waals surface area contributed by atoms with Gasteiger partial charge in [-0.25, -0.2) is 18.1 Å². The highest BCUT2D eigenvalue weighted by Gasteiger charge is 2.21. The number of aryl methyl sites for hydroxylation is 1. The fourth-order valence-electron chi connectivity index (χ4n) is 1.01. The topological polar surface area (TPSA) is 72.2 Å². The predicted octanol–water partition coefficient (Wildman–Crippen LogP) is 1.37. The summed E-state index contributed by atoms with van der Waals surface area (Å²) in [6, 6.07) is -0.439. The Bertz CT molecular complexity index is 422. The van der Waals surface area contributed by atoms with Crippen LogP contribution in [0.4, 0.5) is 0 Å². The van der Waals surface area contributed by atoms with Crippen LogP contribution in [0.2, 0.25) is 0 Å². The lowest BCUT2D eigenvalue weighted by atomic mass is 10.4. The van der Waals surface area contributed by atoms with Crippen molar-refractivity contribution in [2.24, 2.45) is 0 Å². The number of hydrogen-bond acceptors (Lipinski definition) is 4. The largest absolute Gasteiger partial charge is 0.444 e. The fourth-order valence-corrected chi connectivity index (χ4v) is 1.87. The van der Waals surface area contributed by atoms with Crippen LogP contribution in [-0.2, 0) is 10.0 Å². The summed E-state index contributed by atoms with van der Waals surface area (Å²) in [7, 11) is -3.29. The molecule has 6 heteroatoms. The summed E-state index contributed by atoms with van der Waals surface area (Å²) >= 11 is 0. The van der Waals surface area contributed by atoms with Gasteiger partial charge in [-0.3, -0.25) is 0 Å². The molecule has 86 valence electrons. The van der Waals surface area contributed by atoms with Gasteiger partial charge in [0, 0.05) is 0 Å². The van der Waals surface area contributed by atoms with Crippen LogP contribution in [0.15, 0.2) is 10.6 Å². The SMILES string of the molecule is Cc1cnc(C(C)NS(=O)(=O)C(C)C)o1. The average molecular weight is 232 g/mol. The molecule has 0 radical (unpaired) electrons. The lowest BCUT2D eigenvalue weighted by Crippen LogP contribution is -2.33. The Morgan fingerprint density at radius 3 is 2.40 bits per heavy atom. The van der Waals surface area contributed by atoms with Gasteiger partial charge in [-0.15, -0.1) is 0 Å². The predicted molar refractivity (Wildman–Crippen MR) is 56.8 cm³/mol. The van der Waals surface area contributed by atoms with Gasteiger partial charge in [-0.2, -0.15) is 0 Å². The van der Waals surface area contributed by atoms with Crippen molar-refractivity contribution in [3.8, 4) is 0 Å². The molecule has 0 amide bonds. The van der Waals surface area contributed by atoms with E-state index in [1.54, 1.807) is 33.9 Å². The molecule has 1 heterocycles. The third-order valence-electron chi connectivity index (χ3n) is 1.97. The standard InChI is InChI=1S/C9H16N2O3S/c1-6(2)15(12,13)11-8(4)9-10-5-7(3)14-9/h5-6,8,11H,1-4H3. The smallest absolute Gasteiger partial charge is 0.214 e. The quantitative estimate of drug-likeness (QED) is 0.851. The van der Waals surface area contributed by atoms with E-state index in [9.17, 15) is 8.42 Å². The first kappa shape index (κ1) is 12.2. The summed E-state index contributed by atoms with van der Waals surface area (Å²) in [6.07, 6.45) is 1.56.